The number of hydrogen-bond donors (Lipinski definition) is 0. The van der Waals surface area contributed by atoms with Crippen molar-refractivity contribution in [3.8, 4) is 11.1 Å². The molecule has 0 aliphatic carbocycles. The lowest BCUT2D eigenvalue weighted by Crippen LogP contribution is -2.33. The molecule has 166 valence electrons. The fourth-order valence-corrected chi connectivity index (χ4v) is 4.07. The number of amides is 1. The maximum absolute atomic E-state index is 13.7. The Morgan fingerprint density at radius 3 is 2.32 bits per heavy atom. The number of fused-ring (bicyclic) bond motifs is 1. The second kappa shape index (κ2) is 9.55. The fraction of sp³-hybridized carbons (Fsp3) is 0.0690. The number of carbonyl (C=O) groups excluding carboxylic acids is 1. The maximum atomic E-state index is 13.7. The van der Waals surface area contributed by atoms with Crippen molar-refractivity contribution in [3.63, 3.8) is 0 Å². The van der Waals surface area contributed by atoms with Crippen molar-refractivity contribution in [2.45, 2.75) is 13.1 Å². The van der Waals surface area contributed by atoms with E-state index < -0.39 is 0 Å². The molecule has 1 amide bonds. The third kappa shape index (κ3) is 4.36. The van der Waals surface area contributed by atoms with E-state index in [1.165, 1.54) is 6.26 Å². The SMILES string of the molecule is O=C(c1coc2ccccc2c1=O)N(Cc1ccncc1)Cc1ccccc1-c1ccccc1. The zero-order valence-electron chi connectivity index (χ0n) is 18.4. The highest BCUT2D eigenvalue weighted by Crippen LogP contribution is 2.26. The van der Waals surface area contributed by atoms with Gasteiger partial charge >= 0.3 is 0 Å². The van der Waals surface area contributed by atoms with Crippen LogP contribution < -0.4 is 5.43 Å². The number of carbonyl (C=O) groups is 1. The number of hydrogen-bond acceptors (Lipinski definition) is 4. The average molecular weight is 447 g/mol. The van der Waals surface area contributed by atoms with Gasteiger partial charge in [-0.3, -0.25) is 14.6 Å². The molecule has 0 N–H and O–H groups in total. The van der Waals surface area contributed by atoms with E-state index in [0.29, 0.717) is 24.1 Å². The van der Waals surface area contributed by atoms with Crippen LogP contribution in [0.2, 0.25) is 0 Å². The molecule has 5 aromatic rings. The lowest BCUT2D eigenvalue weighted by Gasteiger charge is -2.24. The van der Waals surface area contributed by atoms with Gasteiger partial charge in [-0.05, 0) is 46.5 Å². The van der Waals surface area contributed by atoms with Crippen LogP contribution in [0.15, 0.2) is 119 Å². The molecule has 3 aromatic carbocycles. The Morgan fingerprint density at radius 2 is 1.50 bits per heavy atom. The van der Waals surface area contributed by atoms with Gasteiger partial charge in [0.05, 0.1) is 5.39 Å². The van der Waals surface area contributed by atoms with Gasteiger partial charge in [-0.15, -0.1) is 0 Å². The van der Waals surface area contributed by atoms with Crippen LogP contribution in [-0.4, -0.2) is 15.8 Å². The lowest BCUT2D eigenvalue weighted by molar-refractivity contribution is 0.0727. The molecule has 0 atom stereocenters. The molecule has 0 radical (unpaired) electrons. The summed E-state index contributed by atoms with van der Waals surface area (Å²) < 4.78 is 5.63. The summed E-state index contributed by atoms with van der Waals surface area (Å²) in [7, 11) is 0. The van der Waals surface area contributed by atoms with Gasteiger partial charge in [0, 0.05) is 25.5 Å². The van der Waals surface area contributed by atoms with Gasteiger partial charge in [-0.25, -0.2) is 0 Å². The minimum Gasteiger partial charge on any atom is -0.463 e. The van der Waals surface area contributed by atoms with Crippen molar-refractivity contribution in [3.05, 3.63) is 137 Å². The maximum Gasteiger partial charge on any atom is 0.261 e. The van der Waals surface area contributed by atoms with Gasteiger partial charge in [-0.2, -0.15) is 0 Å². The first-order valence-electron chi connectivity index (χ1n) is 11.0. The van der Waals surface area contributed by atoms with Crippen LogP contribution in [-0.2, 0) is 13.1 Å². The van der Waals surface area contributed by atoms with Crippen LogP contribution in [0.3, 0.4) is 0 Å². The Labute approximate surface area is 196 Å². The van der Waals surface area contributed by atoms with Crippen molar-refractivity contribution in [2.24, 2.45) is 0 Å². The number of nitrogens with zero attached hydrogens (tertiary/aromatic N) is 2. The number of rotatable bonds is 6. The van der Waals surface area contributed by atoms with E-state index in [9.17, 15) is 9.59 Å². The molecule has 2 heterocycles. The highest BCUT2D eigenvalue weighted by atomic mass is 16.3. The van der Waals surface area contributed by atoms with Gasteiger partial charge in [0.25, 0.3) is 5.91 Å². The molecule has 0 saturated heterocycles. The van der Waals surface area contributed by atoms with Crippen LogP contribution in [0.5, 0.6) is 0 Å². The molecule has 0 saturated carbocycles. The van der Waals surface area contributed by atoms with Gasteiger partial charge in [-0.1, -0.05) is 66.7 Å². The molecular weight excluding hydrogens is 424 g/mol. The molecule has 34 heavy (non-hydrogen) atoms. The number of pyridine rings is 1. The Hall–Kier alpha value is -4.51. The van der Waals surface area contributed by atoms with E-state index in [1.54, 1.807) is 41.6 Å². The van der Waals surface area contributed by atoms with Gasteiger partial charge in [0.1, 0.15) is 17.4 Å². The van der Waals surface area contributed by atoms with Crippen LogP contribution in [0.4, 0.5) is 0 Å². The summed E-state index contributed by atoms with van der Waals surface area (Å²) in [6.07, 6.45) is 4.66. The molecule has 0 bridgehead atoms. The Kier molecular flexibility index (Phi) is 5.99. The quantitative estimate of drug-likeness (QED) is 0.336. The van der Waals surface area contributed by atoms with E-state index in [0.717, 1.165) is 22.3 Å². The number of aromatic nitrogens is 1. The second-order valence-corrected chi connectivity index (χ2v) is 8.01. The molecule has 0 aliphatic heterocycles. The molecule has 0 aliphatic rings. The van der Waals surface area contributed by atoms with Crippen LogP contribution in [0.25, 0.3) is 22.1 Å². The largest absolute Gasteiger partial charge is 0.463 e. The summed E-state index contributed by atoms with van der Waals surface area (Å²) in [4.78, 5) is 32.6. The molecule has 0 unspecified atom stereocenters. The standard InChI is InChI=1S/C29H22N2O3/c32-28-25-12-6-7-13-27(25)34-20-26(28)29(33)31(18-21-14-16-30-17-15-21)19-23-10-4-5-11-24(23)22-8-2-1-3-9-22/h1-17,20H,18-19H2. The Balaban J connectivity index is 1.56. The zero-order chi connectivity index (χ0) is 23.3. The summed E-state index contributed by atoms with van der Waals surface area (Å²) in [5.41, 5.74) is 4.17. The Morgan fingerprint density at radius 1 is 0.794 bits per heavy atom. The second-order valence-electron chi connectivity index (χ2n) is 8.01. The van der Waals surface area contributed by atoms with E-state index >= 15 is 0 Å². The number of para-hydroxylation sites is 1. The smallest absolute Gasteiger partial charge is 0.261 e. The topological polar surface area (TPSA) is 63.4 Å². The molecule has 5 nitrogen and oxygen atoms in total. The third-order valence-electron chi connectivity index (χ3n) is 5.78. The molecule has 5 rings (SSSR count). The van der Waals surface area contributed by atoms with E-state index in [-0.39, 0.29) is 16.9 Å². The van der Waals surface area contributed by atoms with Crippen molar-refractivity contribution >= 4 is 16.9 Å². The Bertz CT molecular complexity index is 1490. The first-order valence-corrected chi connectivity index (χ1v) is 11.0. The predicted molar refractivity (Wildman–Crippen MR) is 132 cm³/mol. The highest BCUT2D eigenvalue weighted by Gasteiger charge is 2.22. The zero-order valence-corrected chi connectivity index (χ0v) is 18.4. The first-order chi connectivity index (χ1) is 16.7. The first kappa shape index (κ1) is 21.3. The van der Waals surface area contributed by atoms with Crippen molar-refractivity contribution in [1.29, 1.82) is 0 Å². The molecule has 0 spiro atoms. The minimum atomic E-state index is -0.376. The van der Waals surface area contributed by atoms with Crippen molar-refractivity contribution < 1.29 is 9.21 Å². The number of benzene rings is 3. The van der Waals surface area contributed by atoms with E-state index in [2.05, 4.69) is 4.98 Å². The van der Waals surface area contributed by atoms with Gasteiger partial charge in [0.2, 0.25) is 5.43 Å². The van der Waals surface area contributed by atoms with Crippen LogP contribution in [0.1, 0.15) is 21.5 Å². The van der Waals surface area contributed by atoms with Crippen LogP contribution in [0, 0.1) is 0 Å². The van der Waals surface area contributed by atoms with Gasteiger partial charge < -0.3 is 9.32 Å². The monoisotopic (exact) mass is 446 g/mol. The fourth-order valence-electron chi connectivity index (χ4n) is 4.07. The molecule has 2 aromatic heterocycles. The predicted octanol–water partition coefficient (Wildman–Crippen LogP) is 5.70. The van der Waals surface area contributed by atoms with Gasteiger partial charge in [0.15, 0.2) is 0 Å². The molecule has 5 heteroatoms. The summed E-state index contributed by atoms with van der Waals surface area (Å²) in [6.45, 7) is 0.662. The van der Waals surface area contributed by atoms with E-state index in [4.69, 9.17) is 4.42 Å². The minimum absolute atomic E-state index is 0.0185. The molecule has 0 fully saturated rings. The highest BCUT2D eigenvalue weighted by molar-refractivity contribution is 5.96. The molecular formula is C29H22N2O3. The summed E-state index contributed by atoms with van der Waals surface area (Å²) in [6, 6.07) is 28.7. The lowest BCUT2D eigenvalue weighted by atomic mass is 9.99. The average Bonchev–Trinajstić information content (AvgIpc) is 2.90. The van der Waals surface area contributed by atoms with Crippen molar-refractivity contribution in [1.82, 2.24) is 9.88 Å². The normalized spacial score (nSPS) is 10.8. The third-order valence-corrected chi connectivity index (χ3v) is 5.78. The summed E-state index contributed by atoms with van der Waals surface area (Å²) in [5, 5.41) is 0.391. The van der Waals surface area contributed by atoms with Crippen LogP contribution >= 0.6 is 0 Å². The van der Waals surface area contributed by atoms with E-state index in [1.807, 2.05) is 66.7 Å². The summed E-state index contributed by atoms with van der Waals surface area (Å²) in [5.74, 6) is -0.376. The van der Waals surface area contributed by atoms with Crippen molar-refractivity contribution in [2.75, 3.05) is 0 Å². The summed E-state index contributed by atoms with van der Waals surface area (Å²) >= 11 is 0.